The fourth-order valence-corrected chi connectivity index (χ4v) is 3.98. The third-order valence-electron chi connectivity index (χ3n) is 3.56. The summed E-state index contributed by atoms with van der Waals surface area (Å²) >= 11 is 1.81. The zero-order valence-electron chi connectivity index (χ0n) is 10.3. The molecule has 0 spiro atoms. The minimum absolute atomic E-state index is 0.356. The number of benzene rings is 1. The number of fused-ring (bicyclic) bond motifs is 3. The van der Waals surface area contributed by atoms with E-state index in [2.05, 4.69) is 0 Å². The van der Waals surface area contributed by atoms with Gasteiger partial charge in [0.15, 0.2) is 0 Å². The molecule has 2 aromatic rings. The zero-order valence-corrected chi connectivity index (χ0v) is 11.1. The van der Waals surface area contributed by atoms with E-state index in [4.69, 9.17) is 10.5 Å². The summed E-state index contributed by atoms with van der Waals surface area (Å²) < 4.78 is 5.96. The molecule has 1 aromatic carbocycles. The lowest BCUT2D eigenvalue weighted by atomic mass is 9.94. The Morgan fingerprint density at radius 2 is 2.11 bits per heavy atom. The van der Waals surface area contributed by atoms with Crippen molar-refractivity contribution in [1.29, 1.82) is 0 Å². The van der Waals surface area contributed by atoms with Crippen molar-refractivity contribution < 1.29 is 9.53 Å². The van der Waals surface area contributed by atoms with Crippen molar-refractivity contribution in [3.63, 3.8) is 0 Å². The maximum Gasteiger partial charge on any atom is 0.339 e. The Kier molecular flexibility index (Phi) is 2.74. The molecule has 3 nitrogen and oxygen atoms in total. The van der Waals surface area contributed by atoms with Gasteiger partial charge in [-0.1, -0.05) is 0 Å². The minimum atomic E-state index is -0.356. The smallest absolute Gasteiger partial charge is 0.339 e. The SMILES string of the molecule is COC(=O)c1ccc2sc3c(c2c1N)CCCC3. The molecule has 1 aliphatic rings. The fraction of sp³-hybridized carbons (Fsp3) is 0.357. The Morgan fingerprint density at radius 1 is 1.33 bits per heavy atom. The molecule has 94 valence electrons. The van der Waals surface area contributed by atoms with Crippen LogP contribution in [0.2, 0.25) is 0 Å². The van der Waals surface area contributed by atoms with Crippen LogP contribution in [0.4, 0.5) is 5.69 Å². The molecule has 0 aliphatic heterocycles. The fourth-order valence-electron chi connectivity index (χ4n) is 2.67. The number of esters is 1. The van der Waals surface area contributed by atoms with E-state index in [0.717, 1.165) is 18.2 Å². The minimum Gasteiger partial charge on any atom is -0.465 e. The van der Waals surface area contributed by atoms with Crippen molar-refractivity contribution in [2.45, 2.75) is 25.7 Å². The van der Waals surface area contributed by atoms with Crippen molar-refractivity contribution in [3.8, 4) is 0 Å². The van der Waals surface area contributed by atoms with Gasteiger partial charge >= 0.3 is 5.97 Å². The average molecular weight is 261 g/mol. The molecular formula is C14H15NO2S. The van der Waals surface area contributed by atoms with Gasteiger partial charge in [-0.15, -0.1) is 11.3 Å². The number of aryl methyl sites for hydroxylation is 2. The number of hydrogen-bond acceptors (Lipinski definition) is 4. The summed E-state index contributed by atoms with van der Waals surface area (Å²) in [6.45, 7) is 0. The highest BCUT2D eigenvalue weighted by atomic mass is 32.1. The number of nitrogen functional groups attached to an aromatic ring is 1. The Hall–Kier alpha value is -1.55. The van der Waals surface area contributed by atoms with Gasteiger partial charge in [0.1, 0.15) is 0 Å². The Morgan fingerprint density at radius 3 is 2.89 bits per heavy atom. The molecule has 18 heavy (non-hydrogen) atoms. The lowest BCUT2D eigenvalue weighted by Crippen LogP contribution is -2.06. The van der Waals surface area contributed by atoms with Crippen LogP contribution in [0.25, 0.3) is 10.1 Å². The third kappa shape index (κ3) is 1.60. The summed E-state index contributed by atoms with van der Waals surface area (Å²) in [5, 5.41) is 1.08. The van der Waals surface area contributed by atoms with Gasteiger partial charge in [0.05, 0.1) is 18.4 Å². The zero-order chi connectivity index (χ0) is 12.7. The molecule has 0 unspecified atom stereocenters. The van der Waals surface area contributed by atoms with Crippen LogP contribution >= 0.6 is 11.3 Å². The van der Waals surface area contributed by atoms with Crippen molar-refractivity contribution >= 4 is 33.1 Å². The first-order valence-corrected chi connectivity index (χ1v) is 6.95. The second kappa shape index (κ2) is 4.28. The van der Waals surface area contributed by atoms with Gasteiger partial charge in [0.25, 0.3) is 0 Å². The standard InChI is InChI=1S/C14H15NO2S/c1-17-14(16)9-6-7-11-12(13(9)15)8-4-2-3-5-10(8)18-11/h6-7H,2-5,15H2,1H3. The summed E-state index contributed by atoms with van der Waals surface area (Å²) in [5.74, 6) is -0.356. The summed E-state index contributed by atoms with van der Waals surface area (Å²) in [7, 11) is 1.38. The predicted molar refractivity (Wildman–Crippen MR) is 74.2 cm³/mol. The van der Waals surface area contributed by atoms with Gasteiger partial charge in [-0.3, -0.25) is 0 Å². The number of carbonyl (C=O) groups is 1. The monoisotopic (exact) mass is 261 g/mol. The average Bonchev–Trinajstić information content (AvgIpc) is 2.77. The number of hydrogen-bond donors (Lipinski definition) is 1. The van der Waals surface area contributed by atoms with Crippen molar-refractivity contribution in [1.82, 2.24) is 0 Å². The van der Waals surface area contributed by atoms with Gasteiger partial charge in [-0.25, -0.2) is 4.79 Å². The second-order valence-corrected chi connectivity index (χ2v) is 5.74. The van der Waals surface area contributed by atoms with E-state index in [1.807, 2.05) is 17.4 Å². The van der Waals surface area contributed by atoms with Gasteiger partial charge in [0, 0.05) is 15.0 Å². The van der Waals surface area contributed by atoms with Gasteiger partial charge in [0.2, 0.25) is 0 Å². The van der Waals surface area contributed by atoms with Crippen LogP contribution in [-0.2, 0) is 17.6 Å². The predicted octanol–water partition coefficient (Wildman–Crippen LogP) is 3.15. The van der Waals surface area contributed by atoms with Crippen molar-refractivity contribution in [2.75, 3.05) is 12.8 Å². The molecule has 0 amide bonds. The molecule has 1 aliphatic carbocycles. The topological polar surface area (TPSA) is 52.3 Å². The molecule has 4 heteroatoms. The highest BCUT2D eigenvalue weighted by molar-refractivity contribution is 7.19. The summed E-state index contributed by atoms with van der Waals surface area (Å²) in [4.78, 5) is 13.1. The second-order valence-electron chi connectivity index (χ2n) is 4.60. The van der Waals surface area contributed by atoms with Crippen LogP contribution in [0.1, 0.15) is 33.6 Å². The van der Waals surface area contributed by atoms with E-state index in [-0.39, 0.29) is 5.97 Å². The van der Waals surface area contributed by atoms with Crippen LogP contribution in [0.15, 0.2) is 12.1 Å². The normalized spacial score (nSPS) is 14.5. The molecular weight excluding hydrogens is 246 g/mol. The number of nitrogens with two attached hydrogens (primary N) is 1. The lowest BCUT2D eigenvalue weighted by molar-refractivity contribution is 0.0602. The maximum atomic E-state index is 11.7. The van der Waals surface area contributed by atoms with Crippen LogP contribution in [0, 0.1) is 0 Å². The molecule has 0 saturated carbocycles. The molecule has 0 atom stereocenters. The van der Waals surface area contributed by atoms with E-state index in [9.17, 15) is 4.79 Å². The number of thiophene rings is 1. The molecule has 0 saturated heterocycles. The first kappa shape index (κ1) is 11.5. The van der Waals surface area contributed by atoms with E-state index in [1.54, 1.807) is 6.07 Å². The summed E-state index contributed by atoms with van der Waals surface area (Å²) in [6.07, 6.45) is 4.68. The van der Waals surface area contributed by atoms with Gasteiger partial charge in [-0.05, 0) is 43.4 Å². The molecule has 3 rings (SSSR count). The molecule has 0 fully saturated rings. The largest absolute Gasteiger partial charge is 0.465 e. The third-order valence-corrected chi connectivity index (χ3v) is 4.82. The van der Waals surface area contributed by atoms with E-state index in [0.29, 0.717) is 11.3 Å². The van der Waals surface area contributed by atoms with Crippen LogP contribution < -0.4 is 5.73 Å². The maximum absolute atomic E-state index is 11.7. The molecule has 2 N–H and O–H groups in total. The summed E-state index contributed by atoms with van der Waals surface area (Å²) in [5.41, 5.74) is 8.59. The number of methoxy groups -OCH3 is 1. The quantitative estimate of drug-likeness (QED) is 0.633. The first-order chi connectivity index (χ1) is 8.72. The molecule has 0 radical (unpaired) electrons. The van der Waals surface area contributed by atoms with Crippen molar-refractivity contribution in [3.05, 3.63) is 28.1 Å². The van der Waals surface area contributed by atoms with E-state index < -0.39 is 0 Å². The first-order valence-electron chi connectivity index (χ1n) is 6.13. The number of carbonyl (C=O) groups excluding carboxylic acids is 1. The van der Waals surface area contributed by atoms with Gasteiger partial charge < -0.3 is 10.5 Å². The van der Waals surface area contributed by atoms with Crippen molar-refractivity contribution in [2.24, 2.45) is 0 Å². The molecule has 1 aromatic heterocycles. The van der Waals surface area contributed by atoms with Crippen LogP contribution in [-0.4, -0.2) is 13.1 Å². The van der Waals surface area contributed by atoms with E-state index in [1.165, 1.54) is 35.1 Å². The highest BCUT2D eigenvalue weighted by Crippen LogP contribution is 2.40. The van der Waals surface area contributed by atoms with E-state index >= 15 is 0 Å². The lowest BCUT2D eigenvalue weighted by Gasteiger charge is -2.12. The molecule has 0 bridgehead atoms. The number of rotatable bonds is 1. The van der Waals surface area contributed by atoms with Gasteiger partial charge in [-0.2, -0.15) is 0 Å². The van der Waals surface area contributed by atoms with Crippen LogP contribution in [0.3, 0.4) is 0 Å². The Labute approximate surface area is 110 Å². The number of ether oxygens (including phenoxy) is 1. The Bertz CT molecular complexity index is 630. The summed E-state index contributed by atoms with van der Waals surface area (Å²) in [6, 6.07) is 3.76. The number of anilines is 1. The Balaban J connectivity index is 2.27. The van der Waals surface area contributed by atoms with Crippen LogP contribution in [0.5, 0.6) is 0 Å². The highest BCUT2D eigenvalue weighted by Gasteiger charge is 2.21. The molecule has 1 heterocycles.